The van der Waals surface area contributed by atoms with Crippen molar-refractivity contribution in [2.75, 3.05) is 0 Å². The summed E-state index contributed by atoms with van der Waals surface area (Å²) in [6, 6.07) is 22.2. The van der Waals surface area contributed by atoms with Gasteiger partial charge in [-0.3, -0.25) is 4.57 Å². The third kappa shape index (κ3) is 2.09. The van der Waals surface area contributed by atoms with Crippen LogP contribution in [0.1, 0.15) is 0 Å². The van der Waals surface area contributed by atoms with Crippen molar-refractivity contribution in [3.63, 3.8) is 0 Å². The number of rotatable bonds is 2. The summed E-state index contributed by atoms with van der Waals surface area (Å²) >= 11 is 6.37. The molecule has 0 aliphatic carbocycles. The quantitative estimate of drug-likeness (QED) is 0.488. The van der Waals surface area contributed by atoms with Crippen molar-refractivity contribution in [2.45, 2.75) is 0 Å². The molecular formula is C19H13ClN2. The molecule has 4 aromatic rings. The monoisotopic (exact) mass is 304 g/mol. The molecule has 0 spiro atoms. The van der Waals surface area contributed by atoms with E-state index in [1.165, 1.54) is 5.56 Å². The highest BCUT2D eigenvalue weighted by molar-refractivity contribution is 6.32. The lowest BCUT2D eigenvalue weighted by Gasteiger charge is -2.06. The van der Waals surface area contributed by atoms with E-state index in [9.17, 15) is 0 Å². The summed E-state index contributed by atoms with van der Waals surface area (Å²) in [4.78, 5) is 4.55. The highest BCUT2D eigenvalue weighted by Gasteiger charge is 2.13. The average molecular weight is 305 g/mol. The molecule has 0 fully saturated rings. The maximum absolute atomic E-state index is 6.37. The molecule has 4 rings (SSSR count). The summed E-state index contributed by atoms with van der Waals surface area (Å²) in [7, 11) is 0. The van der Waals surface area contributed by atoms with Gasteiger partial charge in [0.05, 0.1) is 10.7 Å². The Labute approximate surface area is 133 Å². The Balaban J connectivity index is 2.04. The van der Waals surface area contributed by atoms with Crippen LogP contribution in [0.2, 0.25) is 5.02 Å². The molecule has 2 nitrogen and oxygen atoms in total. The van der Waals surface area contributed by atoms with Crippen LogP contribution in [0, 0.1) is 0 Å². The van der Waals surface area contributed by atoms with Crippen LogP contribution in [0.25, 0.3) is 27.8 Å². The molecule has 2 aromatic heterocycles. The second-order valence-electron chi connectivity index (χ2n) is 5.10. The number of aromatic nitrogens is 2. The zero-order valence-corrected chi connectivity index (χ0v) is 12.5. The second kappa shape index (κ2) is 5.32. The number of pyridine rings is 1. The van der Waals surface area contributed by atoms with Crippen molar-refractivity contribution in [3.8, 4) is 16.8 Å². The van der Waals surface area contributed by atoms with Crippen molar-refractivity contribution in [1.29, 1.82) is 0 Å². The lowest BCUT2D eigenvalue weighted by molar-refractivity contribution is 1.09. The van der Waals surface area contributed by atoms with Crippen molar-refractivity contribution in [1.82, 2.24) is 9.55 Å². The Hall–Kier alpha value is -2.58. The highest BCUT2D eigenvalue weighted by Crippen LogP contribution is 2.33. The third-order valence-electron chi connectivity index (χ3n) is 3.76. The van der Waals surface area contributed by atoms with Crippen molar-refractivity contribution in [3.05, 3.63) is 84.1 Å². The second-order valence-corrected chi connectivity index (χ2v) is 5.51. The minimum absolute atomic E-state index is 0.713. The van der Waals surface area contributed by atoms with Gasteiger partial charge in [0.15, 0.2) is 0 Å². The van der Waals surface area contributed by atoms with Crippen LogP contribution < -0.4 is 0 Å². The number of benzene rings is 2. The van der Waals surface area contributed by atoms with Gasteiger partial charge in [-0.1, -0.05) is 54.1 Å². The van der Waals surface area contributed by atoms with E-state index in [1.807, 2.05) is 54.7 Å². The summed E-state index contributed by atoms with van der Waals surface area (Å²) in [5, 5.41) is 1.83. The highest BCUT2D eigenvalue weighted by atomic mass is 35.5. The summed E-state index contributed by atoms with van der Waals surface area (Å²) in [5.41, 5.74) is 4.18. The first kappa shape index (κ1) is 13.1. The first-order valence-corrected chi connectivity index (χ1v) is 7.49. The number of hydrogen-bond donors (Lipinski definition) is 0. The summed E-state index contributed by atoms with van der Waals surface area (Å²) in [6.07, 6.45) is 3.92. The van der Waals surface area contributed by atoms with Gasteiger partial charge in [-0.15, -0.1) is 0 Å². The van der Waals surface area contributed by atoms with Gasteiger partial charge >= 0.3 is 0 Å². The van der Waals surface area contributed by atoms with E-state index in [0.29, 0.717) is 5.02 Å². The Morgan fingerprint density at radius 3 is 2.41 bits per heavy atom. The molecule has 2 heterocycles. The minimum atomic E-state index is 0.713. The molecule has 0 amide bonds. The minimum Gasteiger partial charge on any atom is -0.299 e. The molecule has 106 valence electrons. The van der Waals surface area contributed by atoms with Crippen molar-refractivity contribution < 1.29 is 0 Å². The van der Waals surface area contributed by atoms with E-state index in [0.717, 1.165) is 22.3 Å². The first-order chi connectivity index (χ1) is 10.8. The lowest BCUT2D eigenvalue weighted by Crippen LogP contribution is -1.94. The first-order valence-electron chi connectivity index (χ1n) is 7.11. The fourth-order valence-electron chi connectivity index (χ4n) is 2.74. The average Bonchev–Trinajstić information content (AvgIpc) is 2.96. The molecule has 0 bridgehead atoms. The normalized spacial score (nSPS) is 11.0. The molecule has 0 unspecified atom stereocenters. The molecule has 0 aliphatic heterocycles. The molecule has 3 heteroatoms. The molecule has 0 aliphatic rings. The molecule has 0 radical (unpaired) electrons. The number of para-hydroxylation sites is 1. The molecule has 0 atom stereocenters. The molecule has 22 heavy (non-hydrogen) atoms. The number of nitrogens with zero attached hydrogens (tertiary/aromatic N) is 2. The van der Waals surface area contributed by atoms with Crippen LogP contribution in [0.15, 0.2) is 79.1 Å². The summed E-state index contributed by atoms with van der Waals surface area (Å²) in [6.45, 7) is 0. The molecule has 0 saturated heterocycles. The molecule has 2 aromatic carbocycles. The van der Waals surface area contributed by atoms with Crippen molar-refractivity contribution in [2.24, 2.45) is 0 Å². The van der Waals surface area contributed by atoms with Crippen LogP contribution in [-0.4, -0.2) is 9.55 Å². The number of hydrogen-bond acceptors (Lipinski definition) is 1. The maximum Gasteiger partial charge on any atom is 0.145 e. The van der Waals surface area contributed by atoms with Gasteiger partial charge in [0.2, 0.25) is 0 Å². The van der Waals surface area contributed by atoms with E-state index < -0.39 is 0 Å². The summed E-state index contributed by atoms with van der Waals surface area (Å²) < 4.78 is 2.06. The lowest BCUT2D eigenvalue weighted by atomic mass is 10.1. The zero-order valence-electron chi connectivity index (χ0n) is 11.8. The van der Waals surface area contributed by atoms with E-state index in [-0.39, 0.29) is 0 Å². The zero-order chi connectivity index (χ0) is 14.9. The van der Waals surface area contributed by atoms with Gasteiger partial charge < -0.3 is 0 Å². The van der Waals surface area contributed by atoms with Gasteiger partial charge in [0.25, 0.3) is 0 Å². The number of fused-ring (bicyclic) bond motifs is 1. The van der Waals surface area contributed by atoms with Crippen LogP contribution in [0.5, 0.6) is 0 Å². The predicted molar refractivity (Wildman–Crippen MR) is 91.5 cm³/mol. The molecule has 0 N–H and O–H groups in total. The Morgan fingerprint density at radius 1 is 0.818 bits per heavy atom. The maximum atomic E-state index is 6.37. The molecular weight excluding hydrogens is 292 g/mol. The SMILES string of the molecule is Clc1ccccc1-n1cc(-c2ccccc2)c2cccnc21. The fourth-order valence-corrected chi connectivity index (χ4v) is 2.96. The van der Waals surface area contributed by atoms with E-state index >= 15 is 0 Å². The van der Waals surface area contributed by atoms with Gasteiger partial charge in [-0.2, -0.15) is 0 Å². The topological polar surface area (TPSA) is 17.8 Å². The van der Waals surface area contributed by atoms with Gasteiger partial charge in [-0.05, 0) is 29.8 Å². The van der Waals surface area contributed by atoms with E-state index in [2.05, 4.69) is 33.9 Å². The van der Waals surface area contributed by atoms with E-state index in [1.54, 1.807) is 0 Å². The third-order valence-corrected chi connectivity index (χ3v) is 4.08. The van der Waals surface area contributed by atoms with Crippen molar-refractivity contribution >= 4 is 22.6 Å². The largest absolute Gasteiger partial charge is 0.299 e. The van der Waals surface area contributed by atoms with Crippen LogP contribution in [0.4, 0.5) is 0 Å². The Morgan fingerprint density at radius 2 is 1.59 bits per heavy atom. The van der Waals surface area contributed by atoms with Gasteiger partial charge in [0.1, 0.15) is 5.65 Å². The fraction of sp³-hybridized carbons (Fsp3) is 0. The van der Waals surface area contributed by atoms with Crippen LogP contribution in [-0.2, 0) is 0 Å². The Kier molecular flexibility index (Phi) is 3.17. The molecule has 0 saturated carbocycles. The van der Waals surface area contributed by atoms with Gasteiger partial charge in [0, 0.05) is 23.3 Å². The predicted octanol–water partition coefficient (Wildman–Crippen LogP) is 5.35. The number of halogens is 1. The Bertz CT molecular complexity index is 942. The summed E-state index contributed by atoms with van der Waals surface area (Å²) in [5.74, 6) is 0. The van der Waals surface area contributed by atoms with Gasteiger partial charge in [-0.25, -0.2) is 4.98 Å². The smallest absolute Gasteiger partial charge is 0.145 e. The standard InChI is InChI=1S/C19H13ClN2/c20-17-10-4-5-11-18(17)22-13-16(14-7-2-1-3-8-14)15-9-6-12-21-19(15)22/h1-13H. The van der Waals surface area contributed by atoms with Crippen LogP contribution in [0.3, 0.4) is 0 Å². The van der Waals surface area contributed by atoms with Crippen LogP contribution >= 0.6 is 11.6 Å². The van der Waals surface area contributed by atoms with E-state index in [4.69, 9.17) is 11.6 Å².